The van der Waals surface area contributed by atoms with Gasteiger partial charge in [0.15, 0.2) is 0 Å². The Morgan fingerprint density at radius 2 is 2.08 bits per heavy atom. The Morgan fingerprint density at radius 1 is 1.38 bits per heavy atom. The molecule has 0 bridgehead atoms. The predicted octanol–water partition coefficient (Wildman–Crippen LogP) is 2.12. The lowest BCUT2D eigenvalue weighted by atomic mass is 10.3. The SMILES string of the molecule is C=C[CH]NC(=O)Oc1ccccc1. The van der Waals surface area contributed by atoms with Gasteiger partial charge in [-0.3, -0.25) is 0 Å². The van der Waals surface area contributed by atoms with Crippen molar-refractivity contribution in [3.05, 3.63) is 49.5 Å². The molecule has 0 aliphatic heterocycles. The molecule has 1 aromatic rings. The molecule has 13 heavy (non-hydrogen) atoms. The molecule has 1 N–H and O–H groups in total. The van der Waals surface area contributed by atoms with Gasteiger partial charge in [0.05, 0.1) is 6.54 Å². The average molecular weight is 176 g/mol. The van der Waals surface area contributed by atoms with Gasteiger partial charge in [0.25, 0.3) is 0 Å². The number of rotatable bonds is 3. The van der Waals surface area contributed by atoms with Crippen LogP contribution in [0.4, 0.5) is 4.79 Å². The van der Waals surface area contributed by atoms with Crippen LogP contribution in [0.5, 0.6) is 5.75 Å². The van der Waals surface area contributed by atoms with Gasteiger partial charge in [-0.15, -0.1) is 6.58 Å². The van der Waals surface area contributed by atoms with Crippen LogP contribution in [0.15, 0.2) is 43.0 Å². The van der Waals surface area contributed by atoms with Gasteiger partial charge in [-0.05, 0) is 12.1 Å². The van der Waals surface area contributed by atoms with Crippen molar-refractivity contribution in [2.24, 2.45) is 0 Å². The summed E-state index contributed by atoms with van der Waals surface area (Å²) in [7, 11) is 0. The molecule has 67 valence electrons. The van der Waals surface area contributed by atoms with E-state index in [4.69, 9.17) is 4.74 Å². The van der Waals surface area contributed by atoms with E-state index in [2.05, 4.69) is 11.9 Å². The number of carbonyl (C=O) groups excluding carboxylic acids is 1. The largest absolute Gasteiger partial charge is 0.413 e. The molecular weight excluding hydrogens is 166 g/mol. The molecule has 3 heteroatoms. The maximum atomic E-state index is 11.0. The van der Waals surface area contributed by atoms with Crippen LogP contribution in [0.1, 0.15) is 0 Å². The topological polar surface area (TPSA) is 38.3 Å². The van der Waals surface area contributed by atoms with Crippen molar-refractivity contribution in [1.82, 2.24) is 5.32 Å². The van der Waals surface area contributed by atoms with Crippen molar-refractivity contribution >= 4 is 6.09 Å². The fourth-order valence-corrected chi connectivity index (χ4v) is 0.752. The molecule has 0 spiro atoms. The Balaban J connectivity index is 2.41. The molecule has 0 unspecified atom stereocenters. The Labute approximate surface area is 77.0 Å². The molecule has 0 aliphatic rings. The van der Waals surface area contributed by atoms with Crippen LogP contribution >= 0.6 is 0 Å². The minimum atomic E-state index is -0.522. The van der Waals surface area contributed by atoms with Crippen molar-refractivity contribution in [3.8, 4) is 5.75 Å². The molecule has 1 aromatic carbocycles. The zero-order valence-electron chi connectivity index (χ0n) is 7.07. The van der Waals surface area contributed by atoms with Crippen molar-refractivity contribution in [2.45, 2.75) is 0 Å². The monoisotopic (exact) mass is 176 g/mol. The third-order valence-corrected chi connectivity index (χ3v) is 1.27. The summed E-state index contributed by atoms with van der Waals surface area (Å²) in [5.41, 5.74) is 0. The number of amides is 1. The molecule has 3 nitrogen and oxygen atoms in total. The summed E-state index contributed by atoms with van der Waals surface area (Å²) in [5, 5.41) is 2.38. The van der Waals surface area contributed by atoms with E-state index in [-0.39, 0.29) is 0 Å². The maximum Gasteiger partial charge on any atom is 0.413 e. The molecule has 0 aliphatic carbocycles. The van der Waals surface area contributed by atoms with E-state index >= 15 is 0 Å². The lowest BCUT2D eigenvalue weighted by molar-refractivity contribution is 0.203. The van der Waals surface area contributed by atoms with Crippen LogP contribution in [0, 0.1) is 6.54 Å². The first-order valence-corrected chi connectivity index (χ1v) is 3.80. The Bertz CT molecular complexity index is 282. The number of benzene rings is 1. The van der Waals surface area contributed by atoms with Crippen LogP contribution in [0.25, 0.3) is 0 Å². The van der Waals surface area contributed by atoms with Crippen LogP contribution in [-0.2, 0) is 0 Å². The van der Waals surface area contributed by atoms with Gasteiger partial charge >= 0.3 is 6.09 Å². The zero-order valence-corrected chi connectivity index (χ0v) is 7.07. The van der Waals surface area contributed by atoms with Gasteiger partial charge in [0.1, 0.15) is 5.75 Å². The van der Waals surface area contributed by atoms with E-state index in [0.717, 1.165) is 0 Å². The third kappa shape index (κ3) is 3.42. The number of ether oxygens (including phenoxy) is 1. The van der Waals surface area contributed by atoms with Gasteiger partial charge in [-0.2, -0.15) is 0 Å². The standard InChI is InChI=1S/C10H10NO2/c1-2-8-11-10(12)13-9-6-4-3-5-7-9/h2-8H,1H2,(H,11,12). The number of carbonyl (C=O) groups is 1. The maximum absolute atomic E-state index is 11.0. The first-order valence-electron chi connectivity index (χ1n) is 3.80. The summed E-state index contributed by atoms with van der Waals surface area (Å²) in [6.45, 7) is 4.82. The molecule has 1 rings (SSSR count). The van der Waals surface area contributed by atoms with E-state index < -0.39 is 6.09 Å². The number of hydrogen-bond donors (Lipinski definition) is 1. The Hall–Kier alpha value is -1.77. The van der Waals surface area contributed by atoms with E-state index in [9.17, 15) is 4.79 Å². The number of para-hydroxylation sites is 1. The fraction of sp³-hybridized carbons (Fsp3) is 0. The molecule has 0 saturated heterocycles. The van der Waals surface area contributed by atoms with Gasteiger partial charge in [-0.1, -0.05) is 24.3 Å². The lowest BCUT2D eigenvalue weighted by Crippen LogP contribution is -2.23. The highest BCUT2D eigenvalue weighted by Gasteiger charge is 2.00. The van der Waals surface area contributed by atoms with Gasteiger partial charge < -0.3 is 10.1 Å². The summed E-state index contributed by atoms with van der Waals surface area (Å²) >= 11 is 0. The molecule has 1 radical (unpaired) electrons. The summed E-state index contributed by atoms with van der Waals surface area (Å²) < 4.78 is 4.89. The normalized spacial score (nSPS) is 8.92. The molecule has 0 heterocycles. The highest BCUT2D eigenvalue weighted by atomic mass is 16.5. The summed E-state index contributed by atoms with van der Waals surface area (Å²) in [6, 6.07) is 8.83. The first kappa shape index (κ1) is 9.32. The van der Waals surface area contributed by atoms with Gasteiger partial charge in [0.2, 0.25) is 0 Å². The third-order valence-electron chi connectivity index (χ3n) is 1.27. The smallest absolute Gasteiger partial charge is 0.410 e. The highest BCUT2D eigenvalue weighted by molar-refractivity contribution is 5.71. The van der Waals surface area contributed by atoms with Crippen LogP contribution in [0.2, 0.25) is 0 Å². The molecular formula is C10H10NO2. The van der Waals surface area contributed by atoms with E-state index in [1.807, 2.05) is 6.07 Å². The number of hydrogen-bond acceptors (Lipinski definition) is 2. The first-order chi connectivity index (χ1) is 6.33. The van der Waals surface area contributed by atoms with E-state index in [1.165, 1.54) is 12.6 Å². The van der Waals surface area contributed by atoms with Crippen molar-refractivity contribution in [1.29, 1.82) is 0 Å². The average Bonchev–Trinajstić information content (AvgIpc) is 2.16. The van der Waals surface area contributed by atoms with Crippen molar-refractivity contribution < 1.29 is 9.53 Å². The summed E-state index contributed by atoms with van der Waals surface area (Å²) in [5.74, 6) is 0.512. The predicted molar refractivity (Wildman–Crippen MR) is 50.1 cm³/mol. The highest BCUT2D eigenvalue weighted by Crippen LogP contribution is 2.07. The second-order valence-corrected chi connectivity index (χ2v) is 2.25. The molecule has 0 fully saturated rings. The summed E-state index contributed by atoms with van der Waals surface area (Å²) in [6.07, 6.45) is 0.942. The molecule has 0 atom stereocenters. The molecule has 0 saturated carbocycles. The van der Waals surface area contributed by atoms with E-state index in [1.54, 1.807) is 24.3 Å². The van der Waals surface area contributed by atoms with Gasteiger partial charge in [-0.25, -0.2) is 4.79 Å². The van der Waals surface area contributed by atoms with Crippen molar-refractivity contribution in [3.63, 3.8) is 0 Å². The Morgan fingerprint density at radius 3 is 2.69 bits per heavy atom. The van der Waals surface area contributed by atoms with Crippen LogP contribution in [-0.4, -0.2) is 6.09 Å². The van der Waals surface area contributed by atoms with Crippen LogP contribution < -0.4 is 10.1 Å². The fourth-order valence-electron chi connectivity index (χ4n) is 0.752. The van der Waals surface area contributed by atoms with Gasteiger partial charge in [0, 0.05) is 0 Å². The quantitative estimate of drug-likeness (QED) is 0.766. The molecule has 0 aromatic heterocycles. The second-order valence-electron chi connectivity index (χ2n) is 2.25. The van der Waals surface area contributed by atoms with Crippen LogP contribution in [0.3, 0.4) is 0 Å². The zero-order chi connectivity index (χ0) is 9.52. The second kappa shape index (κ2) is 4.98. The lowest BCUT2D eigenvalue weighted by Gasteiger charge is -2.03. The summed E-state index contributed by atoms with van der Waals surface area (Å²) in [4.78, 5) is 11.0. The minimum Gasteiger partial charge on any atom is -0.410 e. The van der Waals surface area contributed by atoms with E-state index in [0.29, 0.717) is 5.75 Å². The number of nitrogens with one attached hydrogen (secondary N) is 1. The minimum absolute atomic E-state index is 0.512. The van der Waals surface area contributed by atoms with Crippen molar-refractivity contribution in [2.75, 3.05) is 0 Å². The Kier molecular flexibility index (Phi) is 3.57. The molecule has 1 amide bonds.